The molecule has 3 nitrogen and oxygen atoms in total. The van der Waals surface area contributed by atoms with E-state index in [2.05, 4.69) is 12.1 Å². The predicted octanol–water partition coefficient (Wildman–Crippen LogP) is 4.55. The summed E-state index contributed by atoms with van der Waals surface area (Å²) in [5, 5.41) is 0. The Morgan fingerprint density at radius 1 is 1.09 bits per heavy atom. The molecule has 0 bridgehead atoms. The second-order valence-electron chi connectivity index (χ2n) is 5.06. The maximum atomic E-state index is 12.1. The maximum Gasteiger partial charge on any atom is 0.342 e. The fourth-order valence-electron chi connectivity index (χ4n) is 2.02. The summed E-state index contributed by atoms with van der Waals surface area (Å²) in [6, 6.07) is 15.8. The molecule has 0 aromatic heterocycles. The van der Waals surface area contributed by atoms with Crippen LogP contribution >= 0.6 is 11.8 Å². The molecule has 116 valence electrons. The number of rotatable bonds is 6. The minimum atomic E-state index is -0.369. The van der Waals surface area contributed by atoms with Crippen LogP contribution in [0.15, 0.2) is 53.4 Å². The molecule has 0 atom stereocenters. The van der Waals surface area contributed by atoms with Crippen molar-refractivity contribution < 1.29 is 14.3 Å². The first-order valence-electron chi connectivity index (χ1n) is 7.16. The van der Waals surface area contributed by atoms with Crippen LogP contribution in [-0.2, 0) is 10.5 Å². The number of thioether (sulfide) groups is 1. The molecule has 0 saturated heterocycles. The van der Waals surface area contributed by atoms with Crippen LogP contribution in [0.1, 0.15) is 29.8 Å². The first-order chi connectivity index (χ1) is 10.6. The summed E-state index contributed by atoms with van der Waals surface area (Å²) in [4.78, 5) is 13.0. The zero-order valence-electron chi connectivity index (χ0n) is 13.0. The third-order valence-electron chi connectivity index (χ3n) is 2.98. The van der Waals surface area contributed by atoms with E-state index in [4.69, 9.17) is 9.47 Å². The second-order valence-corrected chi connectivity index (χ2v) is 6.08. The van der Waals surface area contributed by atoms with Crippen molar-refractivity contribution in [3.05, 3.63) is 59.7 Å². The van der Waals surface area contributed by atoms with Gasteiger partial charge in [-0.3, -0.25) is 0 Å². The third kappa shape index (κ3) is 4.28. The van der Waals surface area contributed by atoms with Gasteiger partial charge < -0.3 is 9.47 Å². The minimum absolute atomic E-state index is 0.00206. The zero-order chi connectivity index (χ0) is 15.9. The van der Waals surface area contributed by atoms with Gasteiger partial charge in [0.2, 0.25) is 0 Å². The Kier molecular flexibility index (Phi) is 5.90. The van der Waals surface area contributed by atoms with E-state index in [0.29, 0.717) is 11.3 Å². The van der Waals surface area contributed by atoms with E-state index in [1.165, 1.54) is 12.7 Å². The molecule has 0 unspecified atom stereocenters. The van der Waals surface area contributed by atoms with Crippen molar-refractivity contribution in [2.75, 3.05) is 7.11 Å². The highest BCUT2D eigenvalue weighted by Gasteiger charge is 2.19. The third-order valence-corrected chi connectivity index (χ3v) is 4.11. The normalized spacial score (nSPS) is 10.5. The summed E-state index contributed by atoms with van der Waals surface area (Å²) in [6.07, 6.45) is -0.00206. The van der Waals surface area contributed by atoms with Crippen LogP contribution in [0, 0.1) is 0 Å². The standard InChI is InChI=1S/C18H20O3S/c1-13(2)21-15-10-7-11-16(17(15)18(19)20-3)22-12-14-8-5-4-6-9-14/h4-11,13H,12H2,1-3H3. The number of hydrogen-bond acceptors (Lipinski definition) is 4. The Balaban J connectivity index is 2.27. The van der Waals surface area contributed by atoms with Gasteiger partial charge in [-0.1, -0.05) is 36.4 Å². The first kappa shape index (κ1) is 16.4. The topological polar surface area (TPSA) is 35.5 Å². The molecule has 22 heavy (non-hydrogen) atoms. The Morgan fingerprint density at radius 3 is 2.45 bits per heavy atom. The summed E-state index contributed by atoms with van der Waals surface area (Å²) in [5.74, 6) is 0.988. The zero-order valence-corrected chi connectivity index (χ0v) is 13.9. The number of benzene rings is 2. The van der Waals surface area contributed by atoms with Crippen LogP contribution in [-0.4, -0.2) is 19.2 Å². The Hall–Kier alpha value is -1.94. The average Bonchev–Trinajstić information content (AvgIpc) is 2.52. The molecule has 0 fully saturated rings. The van der Waals surface area contributed by atoms with E-state index >= 15 is 0 Å². The van der Waals surface area contributed by atoms with Gasteiger partial charge >= 0.3 is 5.97 Å². The summed E-state index contributed by atoms with van der Waals surface area (Å²) >= 11 is 1.60. The van der Waals surface area contributed by atoms with Gasteiger partial charge in [0.15, 0.2) is 0 Å². The molecule has 0 heterocycles. The number of carbonyl (C=O) groups excluding carboxylic acids is 1. The number of methoxy groups -OCH3 is 1. The van der Waals surface area contributed by atoms with Crippen LogP contribution in [0.4, 0.5) is 0 Å². The summed E-state index contributed by atoms with van der Waals surface area (Å²) in [5.41, 5.74) is 1.71. The van der Waals surface area contributed by atoms with E-state index in [1.807, 2.05) is 44.2 Å². The van der Waals surface area contributed by atoms with Crippen molar-refractivity contribution in [1.82, 2.24) is 0 Å². The van der Waals surface area contributed by atoms with Gasteiger partial charge in [-0.05, 0) is 31.5 Å². The molecule has 2 rings (SSSR count). The largest absolute Gasteiger partial charge is 0.490 e. The molecule has 0 aliphatic rings. The highest BCUT2D eigenvalue weighted by molar-refractivity contribution is 7.98. The van der Waals surface area contributed by atoms with Crippen molar-refractivity contribution in [3.8, 4) is 5.75 Å². The van der Waals surface area contributed by atoms with Crippen molar-refractivity contribution in [1.29, 1.82) is 0 Å². The first-order valence-corrected chi connectivity index (χ1v) is 8.15. The molecule has 4 heteroatoms. The Labute approximate surface area is 135 Å². The van der Waals surface area contributed by atoms with Gasteiger partial charge in [0.1, 0.15) is 11.3 Å². The van der Waals surface area contributed by atoms with Gasteiger partial charge in [-0.15, -0.1) is 11.8 Å². The quantitative estimate of drug-likeness (QED) is 0.578. The van der Waals surface area contributed by atoms with Crippen molar-refractivity contribution in [2.24, 2.45) is 0 Å². The fraction of sp³-hybridized carbons (Fsp3) is 0.278. The van der Waals surface area contributed by atoms with Crippen molar-refractivity contribution in [2.45, 2.75) is 30.6 Å². The fourth-order valence-corrected chi connectivity index (χ4v) is 3.04. The minimum Gasteiger partial charge on any atom is -0.490 e. The SMILES string of the molecule is COC(=O)c1c(OC(C)C)cccc1SCc1ccccc1. The van der Waals surface area contributed by atoms with E-state index in [9.17, 15) is 4.79 Å². The second kappa shape index (κ2) is 7.90. The van der Waals surface area contributed by atoms with Crippen LogP contribution in [0.25, 0.3) is 0 Å². The maximum absolute atomic E-state index is 12.1. The molecule has 2 aromatic carbocycles. The lowest BCUT2D eigenvalue weighted by Gasteiger charge is -2.16. The van der Waals surface area contributed by atoms with Gasteiger partial charge in [-0.25, -0.2) is 4.79 Å². The number of ether oxygens (including phenoxy) is 2. The number of esters is 1. The lowest BCUT2D eigenvalue weighted by atomic mass is 10.2. The molecule has 0 saturated carbocycles. The van der Waals surface area contributed by atoms with E-state index in [0.717, 1.165) is 10.6 Å². The van der Waals surface area contributed by atoms with Gasteiger partial charge in [-0.2, -0.15) is 0 Å². The van der Waals surface area contributed by atoms with E-state index in [-0.39, 0.29) is 12.1 Å². The molecule has 0 amide bonds. The van der Waals surface area contributed by atoms with E-state index < -0.39 is 0 Å². The summed E-state index contributed by atoms with van der Waals surface area (Å²) < 4.78 is 10.7. The predicted molar refractivity (Wildman–Crippen MR) is 89.5 cm³/mol. The van der Waals surface area contributed by atoms with Gasteiger partial charge in [0.25, 0.3) is 0 Å². The lowest BCUT2D eigenvalue weighted by molar-refractivity contribution is 0.0590. The number of carbonyl (C=O) groups is 1. The average molecular weight is 316 g/mol. The van der Waals surface area contributed by atoms with Crippen molar-refractivity contribution in [3.63, 3.8) is 0 Å². The molecular weight excluding hydrogens is 296 g/mol. The molecule has 2 aromatic rings. The lowest BCUT2D eigenvalue weighted by Crippen LogP contribution is -2.12. The molecule has 0 aliphatic heterocycles. The van der Waals surface area contributed by atoms with Crippen LogP contribution in [0.3, 0.4) is 0 Å². The Morgan fingerprint density at radius 2 is 1.82 bits per heavy atom. The van der Waals surface area contributed by atoms with Crippen LogP contribution in [0.2, 0.25) is 0 Å². The molecule has 0 N–H and O–H groups in total. The molecule has 0 aliphatic carbocycles. The molecule has 0 spiro atoms. The summed E-state index contributed by atoms with van der Waals surface area (Å²) in [6.45, 7) is 3.87. The highest BCUT2D eigenvalue weighted by Crippen LogP contribution is 2.33. The Bertz CT molecular complexity index is 623. The molecular formula is C18H20O3S. The van der Waals surface area contributed by atoms with Crippen LogP contribution in [0.5, 0.6) is 5.75 Å². The summed E-state index contributed by atoms with van der Waals surface area (Å²) in [7, 11) is 1.39. The van der Waals surface area contributed by atoms with Gasteiger partial charge in [0.05, 0.1) is 13.2 Å². The van der Waals surface area contributed by atoms with Gasteiger partial charge in [0, 0.05) is 10.6 Å². The smallest absolute Gasteiger partial charge is 0.342 e. The van der Waals surface area contributed by atoms with Crippen molar-refractivity contribution >= 4 is 17.7 Å². The highest BCUT2D eigenvalue weighted by atomic mass is 32.2. The van der Waals surface area contributed by atoms with Crippen LogP contribution < -0.4 is 4.74 Å². The number of hydrogen-bond donors (Lipinski definition) is 0. The molecule has 0 radical (unpaired) electrons. The monoisotopic (exact) mass is 316 g/mol. The van der Waals surface area contributed by atoms with E-state index in [1.54, 1.807) is 17.8 Å².